The number of carbonyl (C=O) groups is 1. The number of nitrogens with one attached hydrogen (secondary N) is 2. The Hall–Kier alpha value is -1.71. The number of carbonyl (C=O) groups excluding carboxylic acids is 1. The zero-order valence-electron chi connectivity index (χ0n) is 8.62. The normalized spacial score (nSPS) is 19.5. The summed E-state index contributed by atoms with van der Waals surface area (Å²) in [5, 5.41) is 5.83. The minimum absolute atomic E-state index is 0.0706. The van der Waals surface area contributed by atoms with Crippen molar-refractivity contribution in [2.24, 2.45) is 0 Å². The van der Waals surface area contributed by atoms with Crippen molar-refractivity contribution < 1.29 is 9.53 Å². The van der Waals surface area contributed by atoms with Crippen LogP contribution in [0, 0.1) is 6.92 Å². The highest BCUT2D eigenvalue weighted by Gasteiger charge is 2.21. The fraction of sp³-hybridized carbons (Fsp3) is 0.364. The van der Waals surface area contributed by atoms with E-state index in [1.807, 2.05) is 31.2 Å². The monoisotopic (exact) mass is 206 g/mol. The molecule has 1 aromatic rings. The number of amides is 1. The molecule has 15 heavy (non-hydrogen) atoms. The van der Waals surface area contributed by atoms with Gasteiger partial charge in [0.05, 0.1) is 13.1 Å². The molecule has 1 saturated heterocycles. The Bertz CT molecular complexity index is 348. The molecule has 4 nitrogen and oxygen atoms in total. The molecular weight excluding hydrogens is 192 g/mol. The zero-order valence-corrected chi connectivity index (χ0v) is 8.62. The third kappa shape index (κ3) is 2.62. The molecule has 1 aliphatic heterocycles. The van der Waals surface area contributed by atoms with Crippen molar-refractivity contribution in [3.63, 3.8) is 0 Å². The first kappa shape index (κ1) is 9.83. The topological polar surface area (TPSA) is 50.4 Å². The standard InChI is InChI=1S/C11H14N2O2/c1-8-2-4-9(5-3-8)12-6-10-7-13-11(14)15-10/h2-5,10,12H,6-7H2,1H3,(H,13,14). The van der Waals surface area contributed by atoms with E-state index in [0.717, 1.165) is 5.69 Å². The minimum atomic E-state index is -0.328. The summed E-state index contributed by atoms with van der Waals surface area (Å²) >= 11 is 0. The third-order valence-electron chi connectivity index (χ3n) is 2.33. The molecule has 0 radical (unpaired) electrons. The molecule has 1 fully saturated rings. The second kappa shape index (κ2) is 4.21. The summed E-state index contributed by atoms with van der Waals surface area (Å²) in [7, 11) is 0. The molecule has 0 saturated carbocycles. The number of aryl methyl sites for hydroxylation is 1. The molecule has 0 aromatic heterocycles. The zero-order chi connectivity index (χ0) is 10.7. The van der Waals surface area contributed by atoms with E-state index in [1.165, 1.54) is 5.56 Å². The van der Waals surface area contributed by atoms with E-state index < -0.39 is 0 Å². The number of benzene rings is 1. The van der Waals surface area contributed by atoms with Crippen molar-refractivity contribution in [1.82, 2.24) is 5.32 Å². The summed E-state index contributed by atoms with van der Waals surface area (Å²) in [6, 6.07) is 8.11. The van der Waals surface area contributed by atoms with E-state index >= 15 is 0 Å². The van der Waals surface area contributed by atoms with E-state index in [1.54, 1.807) is 0 Å². The van der Waals surface area contributed by atoms with Crippen LogP contribution in [0.4, 0.5) is 10.5 Å². The quantitative estimate of drug-likeness (QED) is 0.788. The molecule has 2 rings (SSSR count). The highest BCUT2D eigenvalue weighted by Crippen LogP contribution is 2.09. The van der Waals surface area contributed by atoms with Crippen LogP contribution in [0.15, 0.2) is 24.3 Å². The van der Waals surface area contributed by atoms with Gasteiger partial charge in [-0.25, -0.2) is 4.79 Å². The van der Waals surface area contributed by atoms with Gasteiger partial charge in [0.25, 0.3) is 0 Å². The van der Waals surface area contributed by atoms with E-state index in [0.29, 0.717) is 13.1 Å². The molecule has 1 heterocycles. The largest absolute Gasteiger partial charge is 0.442 e. The van der Waals surface area contributed by atoms with Gasteiger partial charge >= 0.3 is 6.09 Å². The first-order chi connectivity index (χ1) is 7.24. The fourth-order valence-electron chi connectivity index (χ4n) is 1.45. The van der Waals surface area contributed by atoms with Crippen molar-refractivity contribution in [3.8, 4) is 0 Å². The average Bonchev–Trinajstić information content (AvgIpc) is 2.64. The lowest BCUT2D eigenvalue weighted by atomic mass is 10.2. The van der Waals surface area contributed by atoms with Gasteiger partial charge < -0.3 is 15.4 Å². The molecule has 80 valence electrons. The summed E-state index contributed by atoms with van der Waals surface area (Å²) in [6.07, 6.45) is -0.399. The van der Waals surface area contributed by atoms with Gasteiger partial charge in [-0.1, -0.05) is 17.7 Å². The van der Waals surface area contributed by atoms with Gasteiger partial charge in [-0.3, -0.25) is 0 Å². The summed E-state index contributed by atoms with van der Waals surface area (Å²) in [5.41, 5.74) is 2.28. The van der Waals surface area contributed by atoms with Crippen LogP contribution in [-0.4, -0.2) is 25.3 Å². The van der Waals surface area contributed by atoms with Crippen molar-refractivity contribution in [2.45, 2.75) is 13.0 Å². The van der Waals surface area contributed by atoms with Crippen molar-refractivity contribution in [3.05, 3.63) is 29.8 Å². The third-order valence-corrected chi connectivity index (χ3v) is 2.33. The second-order valence-electron chi connectivity index (χ2n) is 3.66. The Labute approximate surface area is 88.6 Å². The van der Waals surface area contributed by atoms with Crippen LogP contribution in [0.1, 0.15) is 5.56 Å². The average molecular weight is 206 g/mol. The molecule has 1 unspecified atom stereocenters. The van der Waals surface area contributed by atoms with Crippen LogP contribution >= 0.6 is 0 Å². The van der Waals surface area contributed by atoms with E-state index in [9.17, 15) is 4.79 Å². The Morgan fingerprint density at radius 1 is 1.47 bits per heavy atom. The summed E-state index contributed by atoms with van der Waals surface area (Å²) in [4.78, 5) is 10.7. The van der Waals surface area contributed by atoms with Gasteiger partial charge in [0, 0.05) is 5.69 Å². The van der Waals surface area contributed by atoms with Crippen molar-refractivity contribution >= 4 is 11.8 Å². The molecule has 0 spiro atoms. The summed E-state index contributed by atoms with van der Waals surface area (Å²) in [6.45, 7) is 3.27. The first-order valence-electron chi connectivity index (χ1n) is 4.99. The maximum atomic E-state index is 10.7. The number of rotatable bonds is 3. The Morgan fingerprint density at radius 2 is 2.20 bits per heavy atom. The highest BCUT2D eigenvalue weighted by atomic mass is 16.6. The second-order valence-corrected chi connectivity index (χ2v) is 3.66. The van der Waals surface area contributed by atoms with Gasteiger partial charge in [0.2, 0.25) is 0 Å². The number of anilines is 1. The maximum Gasteiger partial charge on any atom is 0.407 e. The van der Waals surface area contributed by atoms with E-state index in [2.05, 4.69) is 10.6 Å². The predicted molar refractivity (Wildman–Crippen MR) is 57.9 cm³/mol. The van der Waals surface area contributed by atoms with Gasteiger partial charge in [-0.2, -0.15) is 0 Å². The lowest BCUT2D eigenvalue weighted by molar-refractivity contribution is 0.145. The maximum absolute atomic E-state index is 10.7. The lowest BCUT2D eigenvalue weighted by Crippen LogP contribution is -2.23. The van der Waals surface area contributed by atoms with Crippen LogP contribution in [0.5, 0.6) is 0 Å². The van der Waals surface area contributed by atoms with Crippen LogP contribution in [-0.2, 0) is 4.74 Å². The van der Waals surface area contributed by atoms with Gasteiger partial charge in [-0.05, 0) is 19.1 Å². The number of cyclic esters (lactones) is 1. The molecule has 0 aliphatic carbocycles. The molecule has 1 aromatic carbocycles. The van der Waals surface area contributed by atoms with Crippen LogP contribution in [0.2, 0.25) is 0 Å². The van der Waals surface area contributed by atoms with Gasteiger partial charge in [0.1, 0.15) is 6.10 Å². The SMILES string of the molecule is Cc1ccc(NCC2CNC(=O)O2)cc1. The molecule has 0 bridgehead atoms. The predicted octanol–water partition coefficient (Wildman–Crippen LogP) is 1.52. The lowest BCUT2D eigenvalue weighted by Gasteiger charge is -2.10. The molecule has 1 aliphatic rings. The number of hydrogen-bond acceptors (Lipinski definition) is 3. The van der Waals surface area contributed by atoms with Crippen molar-refractivity contribution in [2.75, 3.05) is 18.4 Å². The molecule has 1 atom stereocenters. The number of ether oxygens (including phenoxy) is 1. The molecule has 2 N–H and O–H groups in total. The molecular formula is C11H14N2O2. The van der Waals surface area contributed by atoms with E-state index in [4.69, 9.17) is 4.74 Å². The van der Waals surface area contributed by atoms with Crippen LogP contribution < -0.4 is 10.6 Å². The number of alkyl carbamates (subject to hydrolysis) is 1. The van der Waals surface area contributed by atoms with E-state index in [-0.39, 0.29) is 12.2 Å². The smallest absolute Gasteiger partial charge is 0.407 e. The highest BCUT2D eigenvalue weighted by molar-refractivity contribution is 5.69. The Kier molecular flexibility index (Phi) is 2.76. The first-order valence-corrected chi connectivity index (χ1v) is 4.99. The minimum Gasteiger partial charge on any atom is -0.442 e. The van der Waals surface area contributed by atoms with Crippen LogP contribution in [0.25, 0.3) is 0 Å². The Morgan fingerprint density at radius 3 is 2.80 bits per heavy atom. The molecule has 4 heteroatoms. The number of hydrogen-bond donors (Lipinski definition) is 2. The van der Waals surface area contributed by atoms with Gasteiger partial charge in [0.15, 0.2) is 0 Å². The molecule has 1 amide bonds. The Balaban J connectivity index is 1.83. The van der Waals surface area contributed by atoms with Gasteiger partial charge in [-0.15, -0.1) is 0 Å². The summed E-state index contributed by atoms with van der Waals surface area (Å²) < 4.78 is 4.99. The summed E-state index contributed by atoms with van der Waals surface area (Å²) in [5.74, 6) is 0. The van der Waals surface area contributed by atoms with Crippen molar-refractivity contribution in [1.29, 1.82) is 0 Å². The van der Waals surface area contributed by atoms with Crippen LogP contribution in [0.3, 0.4) is 0 Å². The fourth-order valence-corrected chi connectivity index (χ4v) is 1.45.